The minimum Gasteiger partial charge on any atom is -0.386 e. The largest absolute Gasteiger partial charge is 0.386 e. The molecular formula is C13H21N3O4S. The molecule has 1 aliphatic heterocycles. The maximum atomic E-state index is 12.4. The molecule has 2 N–H and O–H groups in total. The van der Waals surface area contributed by atoms with Gasteiger partial charge in [0.2, 0.25) is 10.0 Å². The van der Waals surface area contributed by atoms with Crippen LogP contribution in [0.2, 0.25) is 0 Å². The lowest BCUT2D eigenvalue weighted by Crippen LogP contribution is -2.66. The van der Waals surface area contributed by atoms with E-state index in [2.05, 4.69) is 4.72 Å². The number of hydrogen-bond acceptors (Lipinski definition) is 4. The number of carbonyl (C=O) groups is 1. The number of β-amino-alcohol motifs (C(OH)–C–C–N with tert-alkyl or cyclic N) is 1. The maximum Gasteiger partial charge on any atom is 0.270 e. The number of aryl methyl sites for hydroxylation is 1. The zero-order chi connectivity index (χ0) is 16.0. The van der Waals surface area contributed by atoms with Crippen molar-refractivity contribution >= 4 is 15.9 Å². The lowest BCUT2D eigenvalue weighted by Gasteiger charge is -2.48. The summed E-state index contributed by atoms with van der Waals surface area (Å²) in [5.74, 6) is -0.212. The molecule has 2 rings (SSSR count). The molecule has 1 fully saturated rings. The van der Waals surface area contributed by atoms with Crippen LogP contribution in [-0.4, -0.2) is 54.6 Å². The van der Waals surface area contributed by atoms with Crippen LogP contribution in [0, 0.1) is 5.92 Å². The van der Waals surface area contributed by atoms with Crippen molar-refractivity contribution in [2.45, 2.75) is 24.3 Å². The van der Waals surface area contributed by atoms with E-state index in [1.807, 2.05) is 13.8 Å². The second-order valence-corrected chi connectivity index (χ2v) is 7.69. The first kappa shape index (κ1) is 16.0. The smallest absolute Gasteiger partial charge is 0.270 e. The van der Waals surface area contributed by atoms with Gasteiger partial charge in [0.25, 0.3) is 5.91 Å². The van der Waals surface area contributed by atoms with Gasteiger partial charge in [0.05, 0.1) is 13.1 Å². The third-order valence-corrected chi connectivity index (χ3v) is 5.45. The number of sulfonamides is 1. The number of carbonyl (C=O) groups excluding carboxylic acids is 1. The molecular weight excluding hydrogens is 294 g/mol. The van der Waals surface area contributed by atoms with Crippen LogP contribution in [0.3, 0.4) is 0 Å². The second kappa shape index (κ2) is 5.11. The van der Waals surface area contributed by atoms with E-state index in [0.29, 0.717) is 0 Å². The molecule has 21 heavy (non-hydrogen) atoms. The van der Waals surface area contributed by atoms with Gasteiger partial charge in [-0.15, -0.1) is 0 Å². The normalized spacial score (nSPS) is 17.9. The second-order valence-electron chi connectivity index (χ2n) is 5.80. The van der Waals surface area contributed by atoms with E-state index in [9.17, 15) is 18.3 Å². The van der Waals surface area contributed by atoms with Crippen molar-refractivity contribution in [3.8, 4) is 0 Å². The summed E-state index contributed by atoms with van der Waals surface area (Å²) in [5.41, 5.74) is -0.560. The third-order valence-electron chi connectivity index (χ3n) is 4.07. The summed E-state index contributed by atoms with van der Waals surface area (Å²) in [4.78, 5) is 13.9. The van der Waals surface area contributed by atoms with Gasteiger partial charge in [-0.05, 0) is 19.0 Å². The van der Waals surface area contributed by atoms with Gasteiger partial charge in [-0.3, -0.25) is 4.79 Å². The number of rotatable bonds is 4. The van der Waals surface area contributed by atoms with Crippen LogP contribution in [0.1, 0.15) is 24.3 Å². The zero-order valence-electron chi connectivity index (χ0n) is 12.6. The Morgan fingerprint density at radius 2 is 2.00 bits per heavy atom. The lowest BCUT2D eigenvalue weighted by atomic mass is 9.83. The number of nitrogens with zero attached hydrogens (tertiary/aromatic N) is 2. The monoisotopic (exact) mass is 315 g/mol. The molecule has 1 amide bonds. The quantitative estimate of drug-likeness (QED) is 0.803. The molecule has 1 aromatic rings. The van der Waals surface area contributed by atoms with Gasteiger partial charge in [-0.25, -0.2) is 13.1 Å². The summed E-state index contributed by atoms with van der Waals surface area (Å²) in [7, 11) is -0.632. The van der Waals surface area contributed by atoms with Crippen LogP contribution >= 0.6 is 0 Å². The van der Waals surface area contributed by atoms with Crippen molar-refractivity contribution in [2.24, 2.45) is 13.0 Å². The summed E-state index contributed by atoms with van der Waals surface area (Å²) in [6.45, 7) is 4.34. The maximum absolute atomic E-state index is 12.4. The van der Waals surface area contributed by atoms with Crippen LogP contribution in [-0.2, 0) is 17.1 Å². The van der Waals surface area contributed by atoms with Crippen LogP contribution in [0.4, 0.5) is 0 Å². The number of aliphatic hydroxyl groups is 1. The van der Waals surface area contributed by atoms with Crippen molar-refractivity contribution < 1.29 is 18.3 Å². The molecule has 0 aliphatic carbocycles. The molecule has 7 nitrogen and oxygen atoms in total. The SMILES string of the molecule is CNS(=O)(=O)c1cc(C(=O)N2CC(O)(C(C)C)C2)n(C)c1. The Morgan fingerprint density at radius 1 is 1.43 bits per heavy atom. The number of likely N-dealkylation sites (tertiary alicyclic amines) is 1. The number of amides is 1. The van der Waals surface area contributed by atoms with Crippen molar-refractivity contribution in [3.05, 3.63) is 18.0 Å². The van der Waals surface area contributed by atoms with Crippen LogP contribution in [0.15, 0.2) is 17.2 Å². The van der Waals surface area contributed by atoms with Gasteiger partial charge in [0, 0.05) is 13.2 Å². The van der Waals surface area contributed by atoms with Gasteiger partial charge in [0.1, 0.15) is 16.2 Å². The minimum absolute atomic E-state index is 0.0514. The van der Waals surface area contributed by atoms with E-state index in [0.717, 1.165) is 0 Å². The van der Waals surface area contributed by atoms with Crippen LogP contribution in [0.25, 0.3) is 0 Å². The summed E-state index contributed by atoms with van der Waals surface area (Å²) in [5, 5.41) is 10.2. The van der Waals surface area contributed by atoms with Crippen molar-refractivity contribution in [3.63, 3.8) is 0 Å². The fourth-order valence-electron chi connectivity index (χ4n) is 2.30. The Bertz CT molecular complexity index is 657. The molecule has 1 aromatic heterocycles. The number of aromatic nitrogens is 1. The van der Waals surface area contributed by atoms with E-state index in [4.69, 9.17) is 0 Å². The van der Waals surface area contributed by atoms with E-state index in [-0.39, 0.29) is 35.5 Å². The molecule has 0 radical (unpaired) electrons. The molecule has 0 aromatic carbocycles. The fraction of sp³-hybridized carbons (Fsp3) is 0.615. The molecule has 2 heterocycles. The molecule has 0 atom stereocenters. The average molecular weight is 315 g/mol. The van der Waals surface area contributed by atoms with Crippen molar-refractivity contribution in [2.75, 3.05) is 20.1 Å². The predicted octanol–water partition coefficient (Wildman–Crippen LogP) is -0.224. The highest BCUT2D eigenvalue weighted by atomic mass is 32.2. The van der Waals surface area contributed by atoms with Gasteiger partial charge in [-0.2, -0.15) is 0 Å². The Hall–Kier alpha value is -1.38. The Labute approximate surface area is 124 Å². The molecule has 1 aliphatic rings. The van der Waals surface area contributed by atoms with Crippen molar-refractivity contribution in [1.29, 1.82) is 0 Å². The first-order valence-electron chi connectivity index (χ1n) is 6.72. The summed E-state index contributed by atoms with van der Waals surface area (Å²) >= 11 is 0. The minimum atomic E-state index is -3.58. The van der Waals surface area contributed by atoms with E-state index < -0.39 is 15.6 Å². The highest BCUT2D eigenvalue weighted by Crippen LogP contribution is 2.30. The fourth-order valence-corrected chi connectivity index (χ4v) is 3.10. The highest BCUT2D eigenvalue weighted by Gasteiger charge is 2.46. The predicted molar refractivity (Wildman–Crippen MR) is 77.3 cm³/mol. The Morgan fingerprint density at radius 3 is 2.48 bits per heavy atom. The molecule has 1 saturated heterocycles. The van der Waals surface area contributed by atoms with Gasteiger partial charge >= 0.3 is 0 Å². The van der Waals surface area contributed by atoms with E-state index >= 15 is 0 Å². The molecule has 8 heteroatoms. The third kappa shape index (κ3) is 2.70. The van der Waals surface area contributed by atoms with Gasteiger partial charge in [-0.1, -0.05) is 13.8 Å². The summed E-state index contributed by atoms with van der Waals surface area (Å²) in [6, 6.07) is 1.35. The first-order valence-corrected chi connectivity index (χ1v) is 8.20. The van der Waals surface area contributed by atoms with Crippen molar-refractivity contribution in [1.82, 2.24) is 14.2 Å². The zero-order valence-corrected chi connectivity index (χ0v) is 13.4. The summed E-state index contributed by atoms with van der Waals surface area (Å²) in [6.07, 6.45) is 1.40. The molecule has 0 spiro atoms. The number of nitrogens with one attached hydrogen (secondary N) is 1. The molecule has 0 unspecified atom stereocenters. The Balaban J connectivity index is 2.19. The molecule has 0 bridgehead atoms. The summed E-state index contributed by atoms with van der Waals surface area (Å²) < 4.78 is 27.2. The first-order chi connectivity index (χ1) is 9.60. The van der Waals surface area contributed by atoms with Crippen LogP contribution in [0.5, 0.6) is 0 Å². The number of hydrogen-bond donors (Lipinski definition) is 2. The molecule has 118 valence electrons. The topological polar surface area (TPSA) is 91.6 Å². The average Bonchev–Trinajstić information content (AvgIpc) is 2.76. The van der Waals surface area contributed by atoms with Crippen LogP contribution < -0.4 is 4.72 Å². The van der Waals surface area contributed by atoms with Gasteiger partial charge < -0.3 is 14.6 Å². The molecule has 0 saturated carbocycles. The van der Waals surface area contributed by atoms with E-state index in [1.165, 1.54) is 28.8 Å². The standard InChI is InChI=1S/C13H21N3O4S/c1-9(2)13(18)7-16(8-13)12(17)11-5-10(6-15(11)4)21(19,20)14-3/h5-6,9,14,18H,7-8H2,1-4H3. The van der Waals surface area contributed by atoms with Gasteiger partial charge in [0.15, 0.2) is 0 Å². The van der Waals surface area contributed by atoms with E-state index in [1.54, 1.807) is 7.05 Å². The lowest BCUT2D eigenvalue weighted by molar-refractivity contribution is -0.111. The highest BCUT2D eigenvalue weighted by molar-refractivity contribution is 7.89. The Kier molecular flexibility index (Phi) is 3.90.